The molecular formula is C18H21IO8. The van der Waals surface area contributed by atoms with Crippen LogP contribution in [0, 0.1) is 0 Å². The molecule has 1 aromatic rings. The quantitative estimate of drug-likeness (QED) is 0.258. The number of esters is 3. The van der Waals surface area contributed by atoms with Crippen molar-refractivity contribution in [3.05, 3.63) is 30.3 Å². The molecule has 5 atom stereocenters. The highest BCUT2D eigenvalue weighted by Crippen LogP contribution is 2.31. The summed E-state index contributed by atoms with van der Waals surface area (Å²) in [5, 5.41) is 0. The average Bonchev–Trinajstić information content (AvgIpc) is 2.59. The third-order valence-corrected chi connectivity index (χ3v) is 4.51. The largest absolute Gasteiger partial charge is 0.461 e. The van der Waals surface area contributed by atoms with E-state index in [2.05, 4.69) is 22.6 Å². The molecule has 1 aliphatic heterocycles. The second-order valence-electron chi connectivity index (χ2n) is 5.85. The standard InChI is InChI=1S/C18H21IO8/c1-10(20)23-15-14(9-19)27-18(26-13-7-5-4-6-8-13)17(25-12(3)22)16(15)24-11(2)21/h4-8,14-18H,9H2,1-3H3. The van der Waals surface area contributed by atoms with Crippen LogP contribution in [0.1, 0.15) is 20.8 Å². The van der Waals surface area contributed by atoms with E-state index in [1.165, 1.54) is 20.8 Å². The van der Waals surface area contributed by atoms with Gasteiger partial charge < -0.3 is 23.7 Å². The highest BCUT2D eigenvalue weighted by molar-refractivity contribution is 14.1. The number of benzene rings is 1. The minimum atomic E-state index is -1.12. The zero-order valence-electron chi connectivity index (χ0n) is 15.1. The molecule has 0 amide bonds. The maximum atomic E-state index is 11.6. The Morgan fingerprint density at radius 3 is 1.93 bits per heavy atom. The summed E-state index contributed by atoms with van der Waals surface area (Å²) in [7, 11) is 0. The smallest absolute Gasteiger partial charge is 0.303 e. The van der Waals surface area contributed by atoms with Crippen LogP contribution in [0.3, 0.4) is 0 Å². The van der Waals surface area contributed by atoms with Crippen molar-refractivity contribution < 1.29 is 38.1 Å². The zero-order chi connectivity index (χ0) is 20.0. The predicted molar refractivity (Wildman–Crippen MR) is 101 cm³/mol. The molecule has 9 heteroatoms. The van der Waals surface area contributed by atoms with Crippen molar-refractivity contribution in [2.75, 3.05) is 4.43 Å². The second-order valence-corrected chi connectivity index (χ2v) is 6.73. The van der Waals surface area contributed by atoms with E-state index >= 15 is 0 Å². The van der Waals surface area contributed by atoms with Gasteiger partial charge in [-0.15, -0.1) is 0 Å². The van der Waals surface area contributed by atoms with Crippen molar-refractivity contribution in [2.24, 2.45) is 0 Å². The van der Waals surface area contributed by atoms with Crippen LogP contribution in [0.25, 0.3) is 0 Å². The van der Waals surface area contributed by atoms with Gasteiger partial charge in [0.1, 0.15) is 11.9 Å². The Balaban J connectivity index is 2.38. The van der Waals surface area contributed by atoms with Crippen molar-refractivity contribution in [1.29, 1.82) is 0 Å². The Labute approximate surface area is 170 Å². The lowest BCUT2D eigenvalue weighted by Gasteiger charge is -2.43. The van der Waals surface area contributed by atoms with Gasteiger partial charge in [-0.05, 0) is 12.1 Å². The zero-order valence-corrected chi connectivity index (χ0v) is 17.3. The Morgan fingerprint density at radius 2 is 1.41 bits per heavy atom. The Kier molecular flexibility index (Phi) is 7.84. The Bertz CT molecular complexity index is 665. The first-order valence-electron chi connectivity index (χ1n) is 8.26. The van der Waals surface area contributed by atoms with Crippen LogP contribution in [0.5, 0.6) is 5.75 Å². The maximum Gasteiger partial charge on any atom is 0.303 e. The van der Waals surface area contributed by atoms with Crippen molar-refractivity contribution >= 4 is 40.5 Å². The molecular weight excluding hydrogens is 471 g/mol. The summed E-state index contributed by atoms with van der Waals surface area (Å²) in [6.45, 7) is 3.68. The SMILES string of the molecule is CC(=O)OC1C(CI)OC(Oc2ccccc2)C(OC(C)=O)C1OC(C)=O. The van der Waals surface area contributed by atoms with Gasteiger partial charge in [-0.3, -0.25) is 14.4 Å². The van der Waals surface area contributed by atoms with E-state index in [1.807, 2.05) is 6.07 Å². The minimum Gasteiger partial charge on any atom is -0.461 e. The molecule has 8 nitrogen and oxygen atoms in total. The highest BCUT2D eigenvalue weighted by atomic mass is 127. The summed E-state index contributed by atoms with van der Waals surface area (Å²) in [4.78, 5) is 34.8. The number of para-hydroxylation sites is 1. The molecule has 0 N–H and O–H groups in total. The highest BCUT2D eigenvalue weighted by Gasteiger charge is 2.52. The topological polar surface area (TPSA) is 97.4 Å². The lowest BCUT2D eigenvalue weighted by Crippen LogP contribution is -2.63. The third-order valence-electron chi connectivity index (χ3n) is 3.64. The van der Waals surface area contributed by atoms with Crippen LogP contribution < -0.4 is 4.74 Å². The molecule has 0 aliphatic carbocycles. The molecule has 1 saturated heterocycles. The van der Waals surface area contributed by atoms with E-state index in [9.17, 15) is 14.4 Å². The van der Waals surface area contributed by atoms with E-state index in [4.69, 9.17) is 23.7 Å². The van der Waals surface area contributed by atoms with Crippen LogP contribution in [0.15, 0.2) is 30.3 Å². The lowest BCUT2D eigenvalue weighted by atomic mass is 9.99. The molecule has 148 valence electrons. The van der Waals surface area contributed by atoms with E-state index < -0.39 is 48.6 Å². The van der Waals surface area contributed by atoms with Gasteiger partial charge in [0.25, 0.3) is 0 Å². The van der Waals surface area contributed by atoms with Gasteiger partial charge in [-0.1, -0.05) is 40.8 Å². The molecule has 1 aliphatic rings. The van der Waals surface area contributed by atoms with Gasteiger partial charge in [0.05, 0.1) is 0 Å². The second kappa shape index (κ2) is 9.88. The first-order valence-corrected chi connectivity index (χ1v) is 9.79. The number of hydrogen-bond donors (Lipinski definition) is 0. The fourth-order valence-electron chi connectivity index (χ4n) is 2.71. The molecule has 0 radical (unpaired) electrons. The normalized spacial score (nSPS) is 27.3. The average molecular weight is 492 g/mol. The molecule has 2 rings (SSSR count). The summed E-state index contributed by atoms with van der Waals surface area (Å²) in [5.74, 6) is -1.31. The minimum absolute atomic E-state index is 0.426. The van der Waals surface area contributed by atoms with Crippen LogP contribution >= 0.6 is 22.6 Å². The van der Waals surface area contributed by atoms with Crippen LogP contribution in [-0.2, 0) is 33.3 Å². The van der Waals surface area contributed by atoms with Crippen LogP contribution in [0.2, 0.25) is 0 Å². The van der Waals surface area contributed by atoms with E-state index in [1.54, 1.807) is 24.3 Å². The van der Waals surface area contributed by atoms with Crippen molar-refractivity contribution in [3.63, 3.8) is 0 Å². The molecule has 1 aromatic carbocycles. The molecule has 27 heavy (non-hydrogen) atoms. The molecule has 0 spiro atoms. The maximum absolute atomic E-state index is 11.6. The van der Waals surface area contributed by atoms with Crippen molar-refractivity contribution in [2.45, 2.75) is 51.5 Å². The molecule has 5 unspecified atom stereocenters. The number of halogens is 1. The van der Waals surface area contributed by atoms with Gasteiger partial charge in [-0.25, -0.2) is 0 Å². The fraction of sp³-hybridized carbons (Fsp3) is 0.500. The van der Waals surface area contributed by atoms with Gasteiger partial charge in [0.15, 0.2) is 12.2 Å². The predicted octanol–water partition coefficient (Wildman–Crippen LogP) is 2.02. The fourth-order valence-corrected chi connectivity index (χ4v) is 3.42. The number of hydrogen-bond acceptors (Lipinski definition) is 8. The first-order chi connectivity index (χ1) is 12.8. The summed E-state index contributed by atoms with van der Waals surface area (Å²) >= 11 is 2.07. The van der Waals surface area contributed by atoms with Crippen LogP contribution in [-0.4, -0.2) is 53.0 Å². The van der Waals surface area contributed by atoms with Gasteiger partial charge in [-0.2, -0.15) is 0 Å². The third kappa shape index (κ3) is 6.06. The van der Waals surface area contributed by atoms with Crippen molar-refractivity contribution in [3.8, 4) is 5.75 Å². The van der Waals surface area contributed by atoms with Gasteiger partial charge in [0.2, 0.25) is 12.4 Å². The van der Waals surface area contributed by atoms with E-state index in [0.717, 1.165) is 0 Å². The molecule has 1 fully saturated rings. The van der Waals surface area contributed by atoms with Gasteiger partial charge >= 0.3 is 17.9 Å². The Morgan fingerprint density at radius 1 is 0.889 bits per heavy atom. The number of carbonyl (C=O) groups excluding carboxylic acids is 3. The molecule has 1 heterocycles. The van der Waals surface area contributed by atoms with Gasteiger partial charge in [0, 0.05) is 25.2 Å². The molecule has 0 bridgehead atoms. The monoisotopic (exact) mass is 492 g/mol. The van der Waals surface area contributed by atoms with Crippen molar-refractivity contribution in [1.82, 2.24) is 0 Å². The number of rotatable bonds is 6. The molecule has 0 aromatic heterocycles. The Hall–Kier alpha value is -1.88. The first kappa shape index (κ1) is 21.4. The number of ether oxygens (including phenoxy) is 5. The number of carbonyl (C=O) groups is 3. The van der Waals surface area contributed by atoms with E-state index in [0.29, 0.717) is 10.2 Å². The molecule has 0 saturated carbocycles. The number of alkyl halides is 1. The summed E-state index contributed by atoms with van der Waals surface area (Å²) < 4.78 is 28.2. The van der Waals surface area contributed by atoms with E-state index in [-0.39, 0.29) is 0 Å². The summed E-state index contributed by atoms with van der Waals surface area (Å²) in [6, 6.07) is 8.81. The van der Waals surface area contributed by atoms with Crippen LogP contribution in [0.4, 0.5) is 0 Å². The summed E-state index contributed by atoms with van der Waals surface area (Å²) in [5.41, 5.74) is 0. The lowest BCUT2D eigenvalue weighted by molar-refractivity contribution is -0.279. The summed E-state index contributed by atoms with van der Waals surface area (Å²) in [6.07, 6.45) is -4.80.